The molecule has 1 unspecified atom stereocenters. The average Bonchev–Trinajstić information content (AvgIpc) is 2.78. The Morgan fingerprint density at radius 1 is 1.50 bits per heavy atom. The molecule has 1 aliphatic rings. The molecular weight excluding hydrogens is 255 g/mol. The first-order valence-electron chi connectivity index (χ1n) is 6.07. The fraction of sp³-hybridized carbons (Fsp3) is 0.583. The van der Waals surface area contributed by atoms with Crippen molar-refractivity contribution in [1.82, 2.24) is 9.29 Å². The molecule has 2 rings (SSSR count). The molecule has 100 valence electrons. The molecular formula is C12H17FN2O2S. The van der Waals surface area contributed by atoms with Crippen molar-refractivity contribution in [2.75, 3.05) is 6.54 Å². The molecule has 0 aliphatic carbocycles. The predicted octanol–water partition coefficient (Wildman–Crippen LogP) is 2.03. The van der Waals surface area contributed by atoms with Crippen LogP contribution in [0.4, 0.5) is 4.39 Å². The number of hydrogen-bond donors (Lipinski definition) is 0. The molecule has 1 fully saturated rings. The lowest BCUT2D eigenvalue weighted by Crippen LogP contribution is -2.39. The van der Waals surface area contributed by atoms with Crippen molar-refractivity contribution < 1.29 is 12.8 Å². The summed E-state index contributed by atoms with van der Waals surface area (Å²) in [4.78, 5) is 3.68. The van der Waals surface area contributed by atoms with E-state index in [2.05, 4.69) is 4.98 Å². The topological polar surface area (TPSA) is 50.3 Å². The normalized spacial score (nSPS) is 21.7. The summed E-state index contributed by atoms with van der Waals surface area (Å²) in [7, 11) is -3.82. The molecule has 0 amide bonds. The molecule has 0 bridgehead atoms. The van der Waals surface area contributed by atoms with Crippen LogP contribution in [-0.2, 0) is 10.0 Å². The van der Waals surface area contributed by atoms with E-state index in [1.165, 1.54) is 16.6 Å². The Kier molecular flexibility index (Phi) is 3.68. The minimum Gasteiger partial charge on any atom is -0.241 e. The maximum Gasteiger partial charge on any atom is 0.263 e. The highest BCUT2D eigenvalue weighted by molar-refractivity contribution is 7.89. The van der Waals surface area contributed by atoms with E-state index in [1.807, 2.05) is 13.8 Å². The second kappa shape index (κ2) is 4.93. The summed E-state index contributed by atoms with van der Waals surface area (Å²) in [6.45, 7) is 4.40. The highest BCUT2D eigenvalue weighted by Crippen LogP contribution is 2.30. The predicted molar refractivity (Wildman–Crippen MR) is 65.9 cm³/mol. The third kappa shape index (κ3) is 2.27. The van der Waals surface area contributed by atoms with Gasteiger partial charge in [-0.25, -0.2) is 17.8 Å². The molecule has 1 aromatic rings. The molecule has 1 atom stereocenters. The largest absolute Gasteiger partial charge is 0.263 e. The van der Waals surface area contributed by atoms with Crippen LogP contribution in [0.15, 0.2) is 23.4 Å². The smallest absolute Gasteiger partial charge is 0.241 e. The Bertz CT molecular complexity index is 531. The summed E-state index contributed by atoms with van der Waals surface area (Å²) >= 11 is 0. The van der Waals surface area contributed by atoms with Crippen molar-refractivity contribution in [3.63, 3.8) is 0 Å². The first kappa shape index (κ1) is 13.4. The van der Waals surface area contributed by atoms with Crippen molar-refractivity contribution in [2.45, 2.75) is 37.8 Å². The average molecular weight is 272 g/mol. The van der Waals surface area contributed by atoms with Gasteiger partial charge in [0, 0.05) is 18.8 Å². The van der Waals surface area contributed by atoms with Gasteiger partial charge in [-0.1, -0.05) is 13.8 Å². The van der Waals surface area contributed by atoms with Gasteiger partial charge in [0.25, 0.3) is 10.0 Å². The van der Waals surface area contributed by atoms with Crippen molar-refractivity contribution in [3.05, 3.63) is 24.1 Å². The number of halogens is 1. The number of sulfonamides is 1. The number of nitrogens with zero attached hydrogens (tertiary/aromatic N) is 2. The molecule has 0 saturated carbocycles. The fourth-order valence-electron chi connectivity index (χ4n) is 2.40. The van der Waals surface area contributed by atoms with Crippen molar-refractivity contribution >= 4 is 10.0 Å². The van der Waals surface area contributed by atoms with E-state index >= 15 is 0 Å². The zero-order chi connectivity index (χ0) is 13.3. The monoisotopic (exact) mass is 272 g/mol. The number of aromatic nitrogens is 1. The summed E-state index contributed by atoms with van der Waals surface area (Å²) < 4.78 is 39.8. The zero-order valence-electron chi connectivity index (χ0n) is 10.5. The number of rotatable bonds is 3. The van der Waals surface area contributed by atoms with E-state index in [0.717, 1.165) is 18.9 Å². The molecule has 1 aromatic heterocycles. The van der Waals surface area contributed by atoms with Gasteiger partial charge in [0.2, 0.25) is 5.03 Å². The molecule has 0 aromatic carbocycles. The molecule has 1 aliphatic heterocycles. The van der Waals surface area contributed by atoms with E-state index in [1.54, 1.807) is 0 Å². The molecule has 1 saturated heterocycles. The maximum atomic E-state index is 13.6. The van der Waals surface area contributed by atoms with Crippen LogP contribution < -0.4 is 0 Å². The molecule has 2 heterocycles. The van der Waals surface area contributed by atoms with Gasteiger partial charge >= 0.3 is 0 Å². The second-order valence-corrected chi connectivity index (χ2v) is 6.67. The Labute approximate surface area is 107 Å². The fourth-order valence-corrected chi connectivity index (χ4v) is 4.21. The van der Waals surface area contributed by atoms with Gasteiger partial charge in [-0.15, -0.1) is 0 Å². The number of pyridine rings is 1. The highest BCUT2D eigenvalue weighted by atomic mass is 32.2. The molecule has 0 spiro atoms. The summed E-state index contributed by atoms with van der Waals surface area (Å²) in [6, 6.07) is 2.45. The standard InChI is InChI=1S/C12H17FN2O2S/c1-9(2)11-6-4-8-15(11)18(16,17)12-10(13)5-3-7-14-12/h3,5,7,9,11H,4,6,8H2,1-2H3. The van der Waals surface area contributed by atoms with Gasteiger partial charge in [0.1, 0.15) is 0 Å². The minimum absolute atomic E-state index is 0.0589. The second-order valence-electron chi connectivity index (χ2n) is 4.86. The maximum absolute atomic E-state index is 13.6. The van der Waals surface area contributed by atoms with Crippen LogP contribution in [0.25, 0.3) is 0 Å². The van der Waals surface area contributed by atoms with Gasteiger partial charge in [0.15, 0.2) is 5.82 Å². The lowest BCUT2D eigenvalue weighted by Gasteiger charge is -2.26. The van der Waals surface area contributed by atoms with E-state index in [-0.39, 0.29) is 12.0 Å². The highest BCUT2D eigenvalue weighted by Gasteiger charge is 2.38. The van der Waals surface area contributed by atoms with Crippen molar-refractivity contribution in [2.24, 2.45) is 5.92 Å². The first-order valence-corrected chi connectivity index (χ1v) is 7.51. The Morgan fingerprint density at radius 2 is 2.22 bits per heavy atom. The molecule has 0 radical (unpaired) electrons. The summed E-state index contributed by atoms with van der Waals surface area (Å²) in [5.74, 6) is -0.569. The molecule has 4 nitrogen and oxygen atoms in total. The van der Waals surface area contributed by atoms with Gasteiger partial charge in [-0.2, -0.15) is 4.31 Å². The van der Waals surface area contributed by atoms with Gasteiger partial charge in [0.05, 0.1) is 0 Å². The van der Waals surface area contributed by atoms with E-state index in [4.69, 9.17) is 0 Å². The zero-order valence-corrected chi connectivity index (χ0v) is 11.3. The van der Waals surface area contributed by atoms with Gasteiger partial charge in [-0.05, 0) is 30.9 Å². The summed E-state index contributed by atoms with van der Waals surface area (Å²) in [5, 5.41) is -0.461. The Hall–Kier alpha value is -1.01. The lowest BCUT2D eigenvalue weighted by molar-refractivity contribution is 0.313. The van der Waals surface area contributed by atoms with Gasteiger partial charge < -0.3 is 0 Å². The van der Waals surface area contributed by atoms with Crippen LogP contribution in [0, 0.1) is 11.7 Å². The minimum atomic E-state index is -3.82. The van der Waals surface area contributed by atoms with Crippen LogP contribution in [0.5, 0.6) is 0 Å². The lowest BCUT2D eigenvalue weighted by atomic mass is 10.0. The van der Waals surface area contributed by atoms with E-state index in [0.29, 0.717) is 6.54 Å². The van der Waals surface area contributed by atoms with Gasteiger partial charge in [-0.3, -0.25) is 0 Å². The van der Waals surface area contributed by atoms with E-state index in [9.17, 15) is 12.8 Å². The molecule has 0 N–H and O–H groups in total. The first-order chi connectivity index (χ1) is 8.44. The number of hydrogen-bond acceptors (Lipinski definition) is 3. The quantitative estimate of drug-likeness (QED) is 0.846. The van der Waals surface area contributed by atoms with E-state index < -0.39 is 20.9 Å². The Balaban J connectivity index is 2.40. The van der Waals surface area contributed by atoms with Crippen LogP contribution in [0.1, 0.15) is 26.7 Å². The van der Waals surface area contributed by atoms with Crippen LogP contribution in [-0.4, -0.2) is 30.3 Å². The third-order valence-electron chi connectivity index (χ3n) is 3.30. The molecule has 6 heteroatoms. The van der Waals surface area contributed by atoms with Crippen LogP contribution in [0.3, 0.4) is 0 Å². The molecule has 18 heavy (non-hydrogen) atoms. The van der Waals surface area contributed by atoms with Crippen molar-refractivity contribution in [1.29, 1.82) is 0 Å². The van der Waals surface area contributed by atoms with Crippen molar-refractivity contribution in [3.8, 4) is 0 Å². The van der Waals surface area contributed by atoms with Crippen LogP contribution >= 0.6 is 0 Å². The summed E-state index contributed by atoms with van der Waals surface area (Å²) in [5.41, 5.74) is 0. The summed E-state index contributed by atoms with van der Waals surface area (Å²) in [6.07, 6.45) is 2.94. The SMILES string of the molecule is CC(C)C1CCCN1S(=O)(=O)c1ncccc1F. The van der Waals surface area contributed by atoms with Crippen LogP contribution in [0.2, 0.25) is 0 Å². The Morgan fingerprint density at radius 3 is 2.83 bits per heavy atom. The third-order valence-corrected chi connectivity index (χ3v) is 5.16.